The number of benzene rings is 1. The quantitative estimate of drug-likeness (QED) is 0.739. The van der Waals surface area contributed by atoms with Gasteiger partial charge in [-0.15, -0.1) is 0 Å². The number of rotatable bonds is 4. The lowest BCUT2D eigenvalue weighted by molar-refractivity contribution is 0.420. The molecule has 2 heterocycles. The van der Waals surface area contributed by atoms with E-state index in [-0.39, 0.29) is 28.1 Å². The maximum absolute atomic E-state index is 13.4. The number of primary sulfonamides is 1. The maximum atomic E-state index is 13.4. The van der Waals surface area contributed by atoms with Gasteiger partial charge in [0, 0.05) is 29.7 Å². The Morgan fingerprint density at radius 2 is 1.93 bits per heavy atom. The molecular formula is C19H18FN3O3S. The lowest BCUT2D eigenvalue weighted by atomic mass is 10.0. The van der Waals surface area contributed by atoms with Gasteiger partial charge < -0.3 is 4.52 Å². The van der Waals surface area contributed by atoms with E-state index in [1.165, 1.54) is 18.2 Å². The van der Waals surface area contributed by atoms with Crippen LogP contribution in [0.4, 0.5) is 4.39 Å². The van der Waals surface area contributed by atoms with Crippen molar-refractivity contribution in [2.24, 2.45) is 10.6 Å². The van der Waals surface area contributed by atoms with Crippen LogP contribution in [0.1, 0.15) is 36.9 Å². The normalized spacial score (nSPS) is 21.2. The van der Waals surface area contributed by atoms with Crippen LogP contribution >= 0.6 is 0 Å². The summed E-state index contributed by atoms with van der Waals surface area (Å²) in [5.74, 6) is 0.375. The second-order valence-electron chi connectivity index (χ2n) is 7.38. The molecule has 1 aliphatic rings. The highest BCUT2D eigenvalue weighted by atomic mass is 32.2. The van der Waals surface area contributed by atoms with Gasteiger partial charge in [-0.3, -0.25) is 0 Å². The monoisotopic (exact) mass is 387 g/mol. The first kappa shape index (κ1) is 17.8. The molecule has 2 atom stereocenters. The van der Waals surface area contributed by atoms with Crippen molar-refractivity contribution >= 4 is 10.0 Å². The minimum atomic E-state index is -3.82. The van der Waals surface area contributed by atoms with Gasteiger partial charge in [0.15, 0.2) is 10.8 Å². The molecule has 8 heteroatoms. The highest BCUT2D eigenvalue weighted by molar-refractivity contribution is 7.89. The van der Waals surface area contributed by atoms with Crippen LogP contribution in [0.5, 0.6) is 0 Å². The van der Waals surface area contributed by atoms with Crippen LogP contribution < -0.4 is 5.14 Å². The summed E-state index contributed by atoms with van der Waals surface area (Å²) in [5, 5.41) is 9.12. The lowest BCUT2D eigenvalue weighted by Crippen LogP contribution is -2.13. The smallest absolute Gasteiger partial charge is 0.255 e. The fraction of sp³-hybridized carbons (Fsp3) is 0.263. The minimum absolute atomic E-state index is 0.0886. The van der Waals surface area contributed by atoms with E-state index in [1.54, 1.807) is 24.4 Å². The maximum Gasteiger partial charge on any atom is 0.255 e. The van der Waals surface area contributed by atoms with E-state index < -0.39 is 10.0 Å². The second-order valence-corrected chi connectivity index (χ2v) is 8.89. The standard InChI is InChI=1S/C19H18FN3O3S/c1-19(2)17(12-6-7-16(22-10-12)27(21,24)25)18(19)14-9-15(26-23-14)11-4-3-5-13(20)8-11/h3-10,17-18H,1-2H3,(H2,21,24,25). The number of nitrogens with two attached hydrogens (primary N) is 1. The molecule has 2 aromatic heterocycles. The van der Waals surface area contributed by atoms with Crippen LogP contribution in [0, 0.1) is 11.2 Å². The van der Waals surface area contributed by atoms with Crippen LogP contribution in [0.25, 0.3) is 11.3 Å². The molecule has 27 heavy (non-hydrogen) atoms. The number of hydrogen-bond donors (Lipinski definition) is 1. The molecule has 0 saturated heterocycles. The molecule has 2 unspecified atom stereocenters. The highest BCUT2D eigenvalue weighted by Crippen LogP contribution is 2.69. The Labute approximate surface area is 156 Å². The molecular weight excluding hydrogens is 369 g/mol. The van der Waals surface area contributed by atoms with E-state index in [0.717, 1.165) is 11.3 Å². The highest BCUT2D eigenvalue weighted by Gasteiger charge is 2.60. The predicted molar refractivity (Wildman–Crippen MR) is 96.8 cm³/mol. The van der Waals surface area contributed by atoms with Gasteiger partial charge in [0.2, 0.25) is 0 Å². The van der Waals surface area contributed by atoms with E-state index in [4.69, 9.17) is 9.66 Å². The summed E-state index contributed by atoms with van der Waals surface area (Å²) >= 11 is 0. The SMILES string of the molecule is CC1(C)C(c2ccc(S(N)(=O)=O)nc2)C1c1cc(-c2cccc(F)c2)on1. The number of hydrogen-bond acceptors (Lipinski definition) is 5. The summed E-state index contributed by atoms with van der Waals surface area (Å²) in [6, 6.07) is 11.1. The van der Waals surface area contributed by atoms with E-state index in [2.05, 4.69) is 24.0 Å². The molecule has 2 N–H and O–H groups in total. The Kier molecular flexibility index (Phi) is 3.94. The molecule has 1 fully saturated rings. The Bertz CT molecular complexity index is 1110. The van der Waals surface area contributed by atoms with Gasteiger partial charge in [-0.1, -0.05) is 37.2 Å². The summed E-state index contributed by atoms with van der Waals surface area (Å²) < 4.78 is 41.6. The van der Waals surface area contributed by atoms with E-state index in [9.17, 15) is 12.8 Å². The molecule has 140 valence electrons. The van der Waals surface area contributed by atoms with Gasteiger partial charge in [-0.05, 0) is 29.2 Å². The van der Waals surface area contributed by atoms with Crippen LogP contribution in [-0.2, 0) is 10.0 Å². The molecule has 1 aliphatic carbocycles. The summed E-state index contributed by atoms with van der Waals surface area (Å²) in [6.07, 6.45) is 1.54. The summed E-state index contributed by atoms with van der Waals surface area (Å²) in [5.41, 5.74) is 2.22. The molecule has 0 radical (unpaired) electrons. The molecule has 6 nitrogen and oxygen atoms in total. The summed E-state index contributed by atoms with van der Waals surface area (Å²) in [6.45, 7) is 4.21. The van der Waals surface area contributed by atoms with Crippen molar-refractivity contribution in [1.29, 1.82) is 0 Å². The van der Waals surface area contributed by atoms with Gasteiger partial charge in [0.05, 0.1) is 5.69 Å². The van der Waals surface area contributed by atoms with Crippen LogP contribution in [0.15, 0.2) is 58.2 Å². The Hall–Kier alpha value is -2.58. The zero-order chi connectivity index (χ0) is 19.4. The van der Waals surface area contributed by atoms with Gasteiger partial charge in [-0.25, -0.2) is 22.9 Å². The fourth-order valence-electron chi connectivity index (χ4n) is 3.77. The molecule has 1 aromatic carbocycles. The van der Waals surface area contributed by atoms with Gasteiger partial charge in [0.25, 0.3) is 10.0 Å². The predicted octanol–water partition coefficient (Wildman–Crippen LogP) is 3.43. The number of nitrogens with zero attached hydrogens (tertiary/aromatic N) is 2. The Morgan fingerprint density at radius 1 is 1.15 bits per heavy atom. The van der Waals surface area contributed by atoms with Crippen molar-refractivity contribution in [2.45, 2.75) is 30.7 Å². The van der Waals surface area contributed by atoms with E-state index in [0.29, 0.717) is 11.3 Å². The lowest BCUT2D eigenvalue weighted by Gasteiger charge is -2.03. The average molecular weight is 387 g/mol. The van der Waals surface area contributed by atoms with Crippen LogP contribution in [0.3, 0.4) is 0 Å². The molecule has 0 bridgehead atoms. The first-order valence-corrected chi connectivity index (χ1v) is 9.94. The van der Waals surface area contributed by atoms with Gasteiger partial charge in [0.1, 0.15) is 5.82 Å². The number of aromatic nitrogens is 2. The molecule has 0 spiro atoms. The first-order valence-electron chi connectivity index (χ1n) is 8.39. The topological polar surface area (TPSA) is 99.1 Å². The zero-order valence-electron chi connectivity index (χ0n) is 14.8. The summed E-state index contributed by atoms with van der Waals surface area (Å²) in [4.78, 5) is 3.97. The average Bonchev–Trinajstić information content (AvgIpc) is 2.94. The molecule has 0 amide bonds. The van der Waals surface area contributed by atoms with Crippen molar-refractivity contribution in [2.75, 3.05) is 0 Å². The minimum Gasteiger partial charge on any atom is -0.356 e. The van der Waals surface area contributed by atoms with Crippen molar-refractivity contribution in [3.63, 3.8) is 0 Å². The third-order valence-corrected chi connectivity index (χ3v) is 6.02. The van der Waals surface area contributed by atoms with Crippen molar-refractivity contribution in [1.82, 2.24) is 10.1 Å². The van der Waals surface area contributed by atoms with E-state index >= 15 is 0 Å². The summed E-state index contributed by atoms with van der Waals surface area (Å²) in [7, 11) is -3.82. The van der Waals surface area contributed by atoms with Crippen molar-refractivity contribution in [3.8, 4) is 11.3 Å². The third-order valence-electron chi connectivity index (χ3n) is 5.19. The third kappa shape index (κ3) is 3.15. The first-order chi connectivity index (χ1) is 12.7. The second kappa shape index (κ2) is 5.97. The van der Waals surface area contributed by atoms with Crippen molar-refractivity contribution in [3.05, 3.63) is 65.7 Å². The van der Waals surface area contributed by atoms with Crippen molar-refractivity contribution < 1.29 is 17.3 Å². The molecule has 4 rings (SSSR count). The Balaban J connectivity index is 1.62. The van der Waals surface area contributed by atoms with Gasteiger partial charge in [-0.2, -0.15) is 0 Å². The van der Waals surface area contributed by atoms with E-state index in [1.807, 2.05) is 6.07 Å². The molecule has 1 saturated carbocycles. The molecule has 0 aliphatic heterocycles. The van der Waals surface area contributed by atoms with Crippen LogP contribution in [-0.4, -0.2) is 18.6 Å². The molecule has 3 aromatic rings. The number of sulfonamides is 1. The van der Waals surface area contributed by atoms with Gasteiger partial charge >= 0.3 is 0 Å². The zero-order valence-corrected chi connectivity index (χ0v) is 15.6. The fourth-order valence-corrected chi connectivity index (χ4v) is 4.23. The Morgan fingerprint density at radius 3 is 2.56 bits per heavy atom. The number of pyridine rings is 1. The van der Waals surface area contributed by atoms with Crippen LogP contribution in [0.2, 0.25) is 0 Å². The largest absolute Gasteiger partial charge is 0.356 e. The number of halogens is 1.